The lowest BCUT2D eigenvalue weighted by molar-refractivity contribution is 0.0526. The van der Waals surface area contributed by atoms with Crippen molar-refractivity contribution in [3.63, 3.8) is 0 Å². The maximum absolute atomic E-state index is 11.7. The minimum absolute atomic E-state index is 0.0512. The highest BCUT2D eigenvalue weighted by Crippen LogP contribution is 2.26. The highest BCUT2D eigenvalue weighted by Gasteiger charge is 2.13. The number of hydrogen-bond donors (Lipinski definition) is 2. The number of nitrogen functional groups attached to an aromatic ring is 1. The molecule has 20 heavy (non-hydrogen) atoms. The van der Waals surface area contributed by atoms with Crippen molar-refractivity contribution in [3.8, 4) is 0 Å². The van der Waals surface area contributed by atoms with Gasteiger partial charge in [-0.15, -0.1) is 0 Å². The lowest BCUT2D eigenvalue weighted by atomic mass is 10.1. The van der Waals surface area contributed by atoms with E-state index in [4.69, 9.17) is 14.9 Å². The van der Waals surface area contributed by atoms with Gasteiger partial charge in [-0.2, -0.15) is 0 Å². The number of carbonyl (C=O) groups is 1. The van der Waals surface area contributed by atoms with Gasteiger partial charge in [-0.25, -0.2) is 4.79 Å². The number of anilines is 2. The maximum Gasteiger partial charge on any atom is 0.338 e. The molecule has 5 nitrogen and oxygen atoms in total. The van der Waals surface area contributed by atoms with Crippen molar-refractivity contribution in [1.29, 1.82) is 0 Å². The zero-order chi connectivity index (χ0) is 14.5. The third-order valence-corrected chi connectivity index (χ3v) is 2.91. The van der Waals surface area contributed by atoms with Gasteiger partial charge in [0.1, 0.15) is 5.76 Å². The summed E-state index contributed by atoms with van der Waals surface area (Å²) in [7, 11) is 0. The second kappa shape index (κ2) is 6.14. The van der Waals surface area contributed by atoms with E-state index in [9.17, 15) is 4.79 Å². The van der Waals surface area contributed by atoms with Crippen LogP contribution in [0.25, 0.3) is 0 Å². The number of furan rings is 1. The minimum Gasteiger partial charge on any atom is -0.467 e. The SMILES string of the molecule is CCOC(=O)c1ccc(N)c(NC(C)c2ccco2)c1. The van der Waals surface area contributed by atoms with Gasteiger partial charge >= 0.3 is 5.97 Å². The Labute approximate surface area is 117 Å². The molecule has 1 atom stereocenters. The summed E-state index contributed by atoms with van der Waals surface area (Å²) >= 11 is 0. The average Bonchev–Trinajstić information content (AvgIpc) is 2.95. The molecule has 0 saturated carbocycles. The number of rotatable bonds is 5. The van der Waals surface area contributed by atoms with Crippen LogP contribution in [0, 0.1) is 0 Å². The third-order valence-electron chi connectivity index (χ3n) is 2.91. The normalized spacial score (nSPS) is 11.9. The van der Waals surface area contributed by atoms with E-state index < -0.39 is 0 Å². The molecule has 0 spiro atoms. The molecule has 0 bridgehead atoms. The molecule has 0 fully saturated rings. The summed E-state index contributed by atoms with van der Waals surface area (Å²) in [6.07, 6.45) is 1.62. The van der Waals surface area contributed by atoms with Crippen molar-refractivity contribution in [2.24, 2.45) is 0 Å². The van der Waals surface area contributed by atoms with Gasteiger partial charge in [0, 0.05) is 0 Å². The van der Waals surface area contributed by atoms with Crippen LogP contribution >= 0.6 is 0 Å². The van der Waals surface area contributed by atoms with Gasteiger partial charge in [-0.05, 0) is 44.2 Å². The number of nitrogens with two attached hydrogens (primary N) is 1. The summed E-state index contributed by atoms with van der Waals surface area (Å²) in [6, 6.07) is 8.67. The van der Waals surface area contributed by atoms with Crippen molar-refractivity contribution in [3.05, 3.63) is 47.9 Å². The van der Waals surface area contributed by atoms with Gasteiger partial charge in [-0.3, -0.25) is 0 Å². The van der Waals surface area contributed by atoms with Crippen LogP contribution in [0.4, 0.5) is 11.4 Å². The highest BCUT2D eigenvalue weighted by atomic mass is 16.5. The molecule has 0 aliphatic carbocycles. The fourth-order valence-electron chi connectivity index (χ4n) is 1.86. The molecule has 2 rings (SSSR count). The van der Waals surface area contributed by atoms with E-state index in [1.54, 1.807) is 31.4 Å². The minimum atomic E-state index is -0.360. The smallest absolute Gasteiger partial charge is 0.338 e. The van der Waals surface area contributed by atoms with Crippen molar-refractivity contribution in [1.82, 2.24) is 0 Å². The van der Waals surface area contributed by atoms with Gasteiger partial charge in [0.05, 0.1) is 35.9 Å². The summed E-state index contributed by atoms with van der Waals surface area (Å²) < 4.78 is 10.3. The van der Waals surface area contributed by atoms with Gasteiger partial charge in [0.25, 0.3) is 0 Å². The van der Waals surface area contributed by atoms with E-state index in [1.807, 2.05) is 19.1 Å². The number of ether oxygens (including phenoxy) is 1. The van der Waals surface area contributed by atoms with E-state index in [0.717, 1.165) is 5.76 Å². The largest absolute Gasteiger partial charge is 0.467 e. The molecule has 0 aliphatic heterocycles. The summed E-state index contributed by atoms with van der Waals surface area (Å²) in [6.45, 7) is 4.07. The predicted molar refractivity (Wildman–Crippen MR) is 77.6 cm³/mol. The van der Waals surface area contributed by atoms with E-state index in [2.05, 4.69) is 5.32 Å². The second-order valence-corrected chi connectivity index (χ2v) is 4.40. The van der Waals surface area contributed by atoms with Crippen LogP contribution in [0.1, 0.15) is 36.0 Å². The van der Waals surface area contributed by atoms with Crippen LogP contribution in [-0.2, 0) is 4.74 Å². The highest BCUT2D eigenvalue weighted by molar-refractivity contribution is 5.92. The topological polar surface area (TPSA) is 77.5 Å². The quantitative estimate of drug-likeness (QED) is 0.646. The average molecular weight is 274 g/mol. The Morgan fingerprint density at radius 1 is 1.45 bits per heavy atom. The molecule has 0 radical (unpaired) electrons. The van der Waals surface area contributed by atoms with E-state index >= 15 is 0 Å². The van der Waals surface area contributed by atoms with Crippen LogP contribution < -0.4 is 11.1 Å². The standard InChI is InChI=1S/C15H18N2O3/c1-3-19-15(18)11-6-7-12(16)13(9-11)17-10(2)14-5-4-8-20-14/h4-10,17H,3,16H2,1-2H3. The fourth-order valence-corrected chi connectivity index (χ4v) is 1.86. The summed E-state index contributed by atoms with van der Waals surface area (Å²) in [4.78, 5) is 11.7. The Balaban J connectivity index is 2.18. The number of hydrogen-bond acceptors (Lipinski definition) is 5. The molecule has 0 saturated heterocycles. The molecule has 1 aromatic heterocycles. The van der Waals surface area contributed by atoms with E-state index in [-0.39, 0.29) is 12.0 Å². The first-order valence-corrected chi connectivity index (χ1v) is 6.48. The summed E-state index contributed by atoms with van der Waals surface area (Å²) in [5.74, 6) is 0.437. The Morgan fingerprint density at radius 2 is 2.25 bits per heavy atom. The first-order valence-electron chi connectivity index (χ1n) is 6.48. The van der Waals surface area contributed by atoms with Crippen molar-refractivity contribution in [2.75, 3.05) is 17.7 Å². The zero-order valence-electron chi connectivity index (χ0n) is 11.6. The number of benzene rings is 1. The molecular formula is C15H18N2O3. The molecule has 5 heteroatoms. The maximum atomic E-state index is 11.7. The van der Waals surface area contributed by atoms with Crippen molar-refractivity contribution < 1.29 is 13.9 Å². The molecule has 0 aliphatic rings. The Kier molecular flexibility index (Phi) is 4.30. The lowest BCUT2D eigenvalue weighted by Gasteiger charge is -2.15. The first-order chi connectivity index (χ1) is 9.61. The third kappa shape index (κ3) is 3.12. The molecule has 1 aromatic carbocycles. The number of carbonyl (C=O) groups excluding carboxylic acids is 1. The predicted octanol–water partition coefficient (Wildman–Crippen LogP) is 3.21. The lowest BCUT2D eigenvalue weighted by Crippen LogP contribution is -2.10. The molecule has 1 unspecified atom stereocenters. The van der Waals surface area contributed by atoms with Gasteiger partial charge in [-0.1, -0.05) is 0 Å². The number of nitrogens with one attached hydrogen (secondary N) is 1. The Morgan fingerprint density at radius 3 is 2.90 bits per heavy atom. The van der Waals surface area contributed by atoms with Crippen LogP contribution in [0.15, 0.2) is 41.0 Å². The van der Waals surface area contributed by atoms with Gasteiger partial charge in [0.15, 0.2) is 0 Å². The molecule has 2 aromatic rings. The van der Waals surface area contributed by atoms with Gasteiger partial charge in [0.2, 0.25) is 0 Å². The van der Waals surface area contributed by atoms with Crippen LogP contribution in [0.3, 0.4) is 0 Å². The monoisotopic (exact) mass is 274 g/mol. The Bertz CT molecular complexity index is 579. The molecule has 3 N–H and O–H groups in total. The molecule has 106 valence electrons. The van der Waals surface area contributed by atoms with Crippen molar-refractivity contribution in [2.45, 2.75) is 19.9 Å². The molecule has 0 amide bonds. The van der Waals surface area contributed by atoms with Crippen LogP contribution in [-0.4, -0.2) is 12.6 Å². The van der Waals surface area contributed by atoms with Crippen LogP contribution in [0.5, 0.6) is 0 Å². The van der Waals surface area contributed by atoms with E-state index in [0.29, 0.717) is 23.5 Å². The van der Waals surface area contributed by atoms with Gasteiger partial charge < -0.3 is 20.2 Å². The fraction of sp³-hybridized carbons (Fsp3) is 0.267. The van der Waals surface area contributed by atoms with Crippen molar-refractivity contribution >= 4 is 17.3 Å². The van der Waals surface area contributed by atoms with E-state index in [1.165, 1.54) is 0 Å². The zero-order valence-corrected chi connectivity index (χ0v) is 11.6. The second-order valence-electron chi connectivity index (χ2n) is 4.40. The molecule has 1 heterocycles. The summed E-state index contributed by atoms with van der Waals surface area (Å²) in [5, 5.41) is 3.22. The summed E-state index contributed by atoms with van der Waals surface area (Å²) in [5.41, 5.74) is 7.63. The van der Waals surface area contributed by atoms with Crippen LogP contribution in [0.2, 0.25) is 0 Å². The molecular weight excluding hydrogens is 256 g/mol. The number of esters is 1. The Hall–Kier alpha value is -2.43. The first kappa shape index (κ1) is 14.0.